The monoisotopic (exact) mass is 487 g/mol. The molecule has 7 heteroatoms. The Morgan fingerprint density at radius 1 is 1.11 bits per heavy atom. The second kappa shape index (κ2) is 10.6. The van der Waals surface area contributed by atoms with Gasteiger partial charge in [-0.3, -0.25) is 9.78 Å². The van der Waals surface area contributed by atoms with Crippen molar-refractivity contribution in [2.24, 2.45) is 11.8 Å². The summed E-state index contributed by atoms with van der Waals surface area (Å²) in [6, 6.07) is 9.78. The number of benzene rings is 2. The van der Waals surface area contributed by atoms with Crippen molar-refractivity contribution in [1.29, 1.82) is 0 Å². The van der Waals surface area contributed by atoms with E-state index in [2.05, 4.69) is 21.8 Å². The van der Waals surface area contributed by atoms with Gasteiger partial charge in [0.15, 0.2) is 0 Å². The van der Waals surface area contributed by atoms with Gasteiger partial charge in [0, 0.05) is 30.5 Å². The summed E-state index contributed by atoms with van der Waals surface area (Å²) in [7, 11) is 2.13. The Balaban J connectivity index is 1.31. The van der Waals surface area contributed by atoms with E-state index in [-0.39, 0.29) is 12.2 Å². The first-order chi connectivity index (χ1) is 17.5. The van der Waals surface area contributed by atoms with Gasteiger partial charge in [0.05, 0.1) is 18.7 Å². The van der Waals surface area contributed by atoms with E-state index in [4.69, 9.17) is 16.0 Å². The zero-order valence-electron chi connectivity index (χ0n) is 20.5. The molecule has 1 saturated carbocycles. The number of hydrogen-bond acceptors (Lipinski definition) is 5. The minimum Gasteiger partial charge on any atom is -0.504 e. The predicted octanol–water partition coefficient (Wildman–Crippen LogP) is 6.35. The minimum atomic E-state index is -0.457. The maximum absolute atomic E-state index is 14.7. The molecule has 1 aliphatic heterocycles. The van der Waals surface area contributed by atoms with Crippen molar-refractivity contribution in [3.8, 4) is 17.2 Å². The molecular formula is C29H30FN3O3. The first-order valence-electron chi connectivity index (χ1n) is 12.6. The van der Waals surface area contributed by atoms with Crippen LogP contribution in [0.4, 0.5) is 10.1 Å². The van der Waals surface area contributed by atoms with Gasteiger partial charge in [0.1, 0.15) is 28.8 Å². The zero-order valence-corrected chi connectivity index (χ0v) is 20.5. The summed E-state index contributed by atoms with van der Waals surface area (Å²) in [6.07, 6.45) is 6.62. The topological polar surface area (TPSA) is 56.0 Å². The summed E-state index contributed by atoms with van der Waals surface area (Å²) in [4.78, 5) is 22.5. The van der Waals surface area contributed by atoms with Crippen LogP contribution in [-0.2, 0) is 11.2 Å². The molecule has 0 unspecified atom stereocenters. The Kier molecular flexibility index (Phi) is 7.15. The molecule has 2 heterocycles. The van der Waals surface area contributed by atoms with Crippen LogP contribution in [-0.4, -0.2) is 42.4 Å². The molecule has 2 fully saturated rings. The number of ether oxygens (including phenoxy) is 2. The summed E-state index contributed by atoms with van der Waals surface area (Å²) < 4.78 is 26.8. The molecule has 0 amide bonds. The number of pyridine rings is 1. The van der Waals surface area contributed by atoms with Gasteiger partial charge in [0.2, 0.25) is 5.69 Å². The van der Waals surface area contributed by atoms with Crippen LogP contribution in [0, 0.1) is 24.2 Å². The number of rotatable bonds is 9. The fraction of sp³-hybridized carbons (Fsp3) is 0.414. The van der Waals surface area contributed by atoms with Crippen molar-refractivity contribution < 1.29 is 18.7 Å². The van der Waals surface area contributed by atoms with E-state index in [1.165, 1.54) is 6.07 Å². The number of carbonyl (C=O) groups is 1. The van der Waals surface area contributed by atoms with Crippen molar-refractivity contribution in [2.45, 2.75) is 38.5 Å². The van der Waals surface area contributed by atoms with Crippen LogP contribution in [0.1, 0.15) is 37.7 Å². The van der Waals surface area contributed by atoms with Crippen LogP contribution in [0.25, 0.3) is 15.7 Å². The highest BCUT2D eigenvalue weighted by Gasteiger charge is 2.25. The Bertz CT molecular complexity index is 1310. The highest BCUT2D eigenvalue weighted by molar-refractivity contribution is 5.91. The first kappa shape index (κ1) is 24.2. The lowest BCUT2D eigenvalue weighted by molar-refractivity contribution is -0.118. The maximum atomic E-state index is 14.7. The summed E-state index contributed by atoms with van der Waals surface area (Å²) >= 11 is 0. The normalized spacial score (nSPS) is 16.6. The van der Waals surface area contributed by atoms with Gasteiger partial charge in [-0.1, -0.05) is 6.07 Å². The molecule has 0 N–H and O–H groups in total. The molecule has 1 aromatic heterocycles. The molecule has 0 spiro atoms. The molecule has 0 atom stereocenters. The second-order valence-electron chi connectivity index (χ2n) is 10.0. The largest absolute Gasteiger partial charge is 0.504 e. The number of aromatic nitrogens is 1. The van der Waals surface area contributed by atoms with Crippen LogP contribution < -0.4 is 9.47 Å². The van der Waals surface area contributed by atoms with Gasteiger partial charge in [-0.25, -0.2) is 9.24 Å². The molecule has 2 aliphatic rings. The number of Topliss-reactive ketones (excluding diaryl/α,β-unsaturated/α-hetero) is 1. The van der Waals surface area contributed by atoms with Crippen LogP contribution >= 0.6 is 0 Å². The number of halogens is 1. The Morgan fingerprint density at radius 2 is 1.92 bits per heavy atom. The van der Waals surface area contributed by atoms with Crippen molar-refractivity contribution in [3.63, 3.8) is 0 Å². The van der Waals surface area contributed by atoms with Crippen molar-refractivity contribution in [2.75, 3.05) is 26.7 Å². The Hall–Kier alpha value is -3.50. The van der Waals surface area contributed by atoms with E-state index < -0.39 is 5.82 Å². The highest BCUT2D eigenvalue weighted by Crippen LogP contribution is 2.38. The lowest BCUT2D eigenvalue weighted by Crippen LogP contribution is -2.32. The summed E-state index contributed by atoms with van der Waals surface area (Å²) in [6.45, 7) is 10.3. The summed E-state index contributed by atoms with van der Waals surface area (Å²) in [5, 5.41) is 0.652. The molecule has 186 valence electrons. The quantitative estimate of drug-likeness (QED) is 0.329. The van der Waals surface area contributed by atoms with E-state index in [0.717, 1.165) is 38.8 Å². The SMILES string of the molecule is [C-]#[N+]c1cc2c(Oc3ccc(CC(=O)CC4CC4)c(F)c3)ccnc2cc1OCC1CCN(C)CC1. The molecule has 36 heavy (non-hydrogen) atoms. The van der Waals surface area contributed by atoms with Crippen molar-refractivity contribution >= 4 is 22.4 Å². The molecule has 5 rings (SSSR count). The van der Waals surface area contributed by atoms with E-state index in [0.29, 0.717) is 64.3 Å². The van der Waals surface area contributed by atoms with Gasteiger partial charge in [-0.2, -0.15) is 0 Å². The van der Waals surface area contributed by atoms with E-state index in [1.54, 1.807) is 36.5 Å². The van der Waals surface area contributed by atoms with Gasteiger partial charge in [0.25, 0.3) is 0 Å². The average molecular weight is 488 g/mol. The fourth-order valence-corrected chi connectivity index (χ4v) is 4.66. The van der Waals surface area contributed by atoms with E-state index >= 15 is 0 Å². The fourth-order valence-electron chi connectivity index (χ4n) is 4.66. The number of likely N-dealkylation sites (tertiary alicyclic amines) is 1. The standard InChI is InChI=1S/C29H30FN3O3/c1-31-27-16-24-26(17-29(27)35-18-20-8-11-33(2)12-9-20)32-10-7-28(24)36-23-6-5-21(25(30)15-23)14-22(34)13-19-3-4-19/h5-7,10,15-17,19-20H,3-4,8-9,11-14,18H2,2H3. The first-order valence-corrected chi connectivity index (χ1v) is 12.6. The smallest absolute Gasteiger partial charge is 0.229 e. The molecule has 6 nitrogen and oxygen atoms in total. The summed E-state index contributed by atoms with van der Waals surface area (Å²) in [5.41, 5.74) is 1.42. The van der Waals surface area contributed by atoms with Gasteiger partial charge in [-0.05, 0) is 87.5 Å². The van der Waals surface area contributed by atoms with Gasteiger partial charge >= 0.3 is 0 Å². The third-order valence-electron chi connectivity index (χ3n) is 7.07. The van der Waals surface area contributed by atoms with Crippen LogP contribution in [0.15, 0.2) is 42.6 Å². The van der Waals surface area contributed by atoms with E-state index in [1.807, 2.05) is 0 Å². The maximum Gasteiger partial charge on any atom is 0.229 e. The average Bonchev–Trinajstić information content (AvgIpc) is 3.69. The number of carbonyl (C=O) groups excluding carboxylic acids is 1. The third kappa shape index (κ3) is 5.83. The number of nitrogens with zero attached hydrogens (tertiary/aromatic N) is 3. The molecule has 0 radical (unpaired) electrons. The van der Waals surface area contributed by atoms with E-state index in [9.17, 15) is 9.18 Å². The third-order valence-corrected chi connectivity index (χ3v) is 7.07. The number of hydrogen-bond donors (Lipinski definition) is 0. The molecule has 1 aliphatic carbocycles. The summed E-state index contributed by atoms with van der Waals surface area (Å²) in [5.74, 6) is 1.90. The predicted molar refractivity (Wildman–Crippen MR) is 136 cm³/mol. The Morgan fingerprint density at radius 3 is 2.64 bits per heavy atom. The lowest BCUT2D eigenvalue weighted by Gasteiger charge is -2.28. The molecule has 2 aromatic carbocycles. The highest BCUT2D eigenvalue weighted by atomic mass is 19.1. The van der Waals surface area contributed by atoms with Crippen molar-refractivity contribution in [3.05, 3.63) is 65.4 Å². The molecule has 3 aromatic rings. The van der Waals surface area contributed by atoms with Gasteiger partial charge < -0.3 is 14.4 Å². The molecule has 0 bridgehead atoms. The van der Waals surface area contributed by atoms with Crippen LogP contribution in [0.5, 0.6) is 17.2 Å². The minimum absolute atomic E-state index is 0.0747. The number of fused-ring (bicyclic) bond motifs is 1. The lowest BCUT2D eigenvalue weighted by atomic mass is 9.98. The van der Waals surface area contributed by atoms with Crippen LogP contribution in [0.3, 0.4) is 0 Å². The second-order valence-corrected chi connectivity index (χ2v) is 10.0. The number of piperidine rings is 1. The Labute approximate surface area is 210 Å². The zero-order chi connectivity index (χ0) is 25.1. The van der Waals surface area contributed by atoms with Gasteiger partial charge in [-0.15, -0.1) is 0 Å². The van der Waals surface area contributed by atoms with Crippen molar-refractivity contribution in [1.82, 2.24) is 9.88 Å². The number of ketones is 1. The molecular weight excluding hydrogens is 457 g/mol. The molecule has 1 saturated heterocycles. The van der Waals surface area contributed by atoms with Crippen LogP contribution in [0.2, 0.25) is 0 Å².